The van der Waals surface area contributed by atoms with Crippen LogP contribution in [0.15, 0.2) is 0 Å². The zero-order chi connectivity index (χ0) is 33.8. The number of hydrogen-bond donors (Lipinski definition) is 4. The summed E-state index contributed by atoms with van der Waals surface area (Å²) in [5.74, 6) is -0.240. The molecule has 0 aliphatic carbocycles. The van der Waals surface area contributed by atoms with Crippen molar-refractivity contribution in [3.05, 3.63) is 0 Å². The Morgan fingerprint density at radius 2 is 1.14 bits per heavy atom. The standard InChI is InChI=1S/C11H20O3S.C9H17BrO2.C9H20OS.C2H4OS.K/c1-4-6-7-11(5-2,10(13)14)8-15-9(3)12;1-3-5-6-9(4-2,7-10)8(11)12;1-3-5-6-9(4-2,7-10)8-11;1-2(3)4;/h4-8H2,1-3H3,(H,13,14);3-7H2,1-2H3,(H,11,12);10-11H,3-8H2,1-2H3;1H3,(H,3,4);/q;;;;+1/p-1/t11-;2*9-;;/m110../s1. The van der Waals surface area contributed by atoms with Crippen molar-refractivity contribution >= 4 is 75.1 Å². The first kappa shape index (κ1) is 53.8. The second-order valence-electron chi connectivity index (χ2n) is 10.8. The summed E-state index contributed by atoms with van der Waals surface area (Å²) in [7, 11) is 0. The Balaban J connectivity index is -0.000000158. The number of aliphatic hydroxyl groups is 1. The summed E-state index contributed by atoms with van der Waals surface area (Å²) < 4.78 is 0. The molecular weight excluding hydrogens is 700 g/mol. The van der Waals surface area contributed by atoms with Crippen LogP contribution in [0.4, 0.5) is 0 Å². The van der Waals surface area contributed by atoms with E-state index in [9.17, 15) is 24.3 Å². The molecule has 0 aliphatic rings. The average Bonchev–Trinajstić information content (AvgIpc) is 2.95. The molecule has 0 heterocycles. The molecule has 0 aromatic heterocycles. The van der Waals surface area contributed by atoms with Crippen LogP contribution in [0.25, 0.3) is 0 Å². The van der Waals surface area contributed by atoms with Crippen molar-refractivity contribution in [1.82, 2.24) is 0 Å². The molecule has 0 bridgehead atoms. The first-order valence-electron chi connectivity index (χ1n) is 15.1. The number of hydrogen-bond acceptors (Lipinski definition) is 8. The fraction of sp³-hybridized carbons (Fsp3) is 0.871. The molecule has 43 heavy (non-hydrogen) atoms. The van der Waals surface area contributed by atoms with Gasteiger partial charge in [0, 0.05) is 35.1 Å². The summed E-state index contributed by atoms with van der Waals surface area (Å²) in [6.07, 6.45) is 11.2. The quantitative estimate of drug-likeness (QED) is 0.0579. The number of carboxylic acids is 2. The van der Waals surface area contributed by atoms with Gasteiger partial charge < -0.3 is 32.7 Å². The fourth-order valence-electron chi connectivity index (χ4n) is 3.75. The van der Waals surface area contributed by atoms with Gasteiger partial charge in [0.05, 0.1) is 10.8 Å². The smallest absolute Gasteiger partial charge is 0.742 e. The van der Waals surface area contributed by atoms with E-state index in [1.165, 1.54) is 26.7 Å². The monoisotopic (exact) mass is 758 g/mol. The third-order valence-corrected chi connectivity index (χ3v) is 10.4. The molecule has 0 unspecified atom stereocenters. The largest absolute Gasteiger partial charge is 1.00 e. The fourth-order valence-corrected chi connectivity index (χ4v) is 6.10. The zero-order valence-electron chi connectivity index (χ0n) is 28.4. The van der Waals surface area contributed by atoms with E-state index in [4.69, 9.17) is 10.2 Å². The van der Waals surface area contributed by atoms with Crippen LogP contribution in [-0.2, 0) is 31.8 Å². The van der Waals surface area contributed by atoms with Gasteiger partial charge in [-0.1, -0.05) is 108 Å². The number of halogens is 1. The molecule has 0 aliphatic heterocycles. The molecule has 0 saturated carbocycles. The van der Waals surface area contributed by atoms with E-state index in [0.29, 0.717) is 30.3 Å². The first-order valence-corrected chi connectivity index (χ1v) is 18.3. The van der Waals surface area contributed by atoms with E-state index < -0.39 is 22.8 Å². The van der Waals surface area contributed by atoms with Gasteiger partial charge in [-0.3, -0.25) is 14.4 Å². The predicted molar refractivity (Wildman–Crippen MR) is 188 cm³/mol. The SMILES string of the molecule is CC(=O)[S-].CCCC[C@@](CC)(CO)CS.CCCC[C@](CC)(CBr)C(=O)O.CCCC[C@](CC)(CSC(C)=O)C(=O)O.[K+]. The minimum atomic E-state index is -0.771. The number of alkyl halides is 1. The van der Waals surface area contributed by atoms with Gasteiger partial charge in [-0.2, -0.15) is 12.6 Å². The number of unbranched alkanes of at least 4 members (excludes halogenated alkanes) is 3. The van der Waals surface area contributed by atoms with E-state index in [1.807, 2.05) is 20.8 Å². The summed E-state index contributed by atoms with van der Waals surface area (Å²) in [5, 5.41) is 27.7. The minimum Gasteiger partial charge on any atom is -0.742 e. The molecule has 252 valence electrons. The van der Waals surface area contributed by atoms with E-state index in [-0.39, 0.29) is 73.6 Å². The van der Waals surface area contributed by atoms with Crippen molar-refractivity contribution in [1.29, 1.82) is 0 Å². The second-order valence-corrected chi connectivity index (χ2v) is 13.4. The zero-order valence-corrected chi connectivity index (χ0v) is 35.7. The number of carbonyl (C=O) groups is 4. The van der Waals surface area contributed by atoms with Crippen molar-refractivity contribution < 1.29 is 85.9 Å². The maximum Gasteiger partial charge on any atom is 1.00 e. The second kappa shape index (κ2) is 33.2. The Morgan fingerprint density at radius 1 is 0.767 bits per heavy atom. The van der Waals surface area contributed by atoms with Crippen LogP contribution in [0.1, 0.15) is 132 Å². The predicted octanol–water partition coefficient (Wildman–Crippen LogP) is 5.57. The molecular formula is C31H60BrKO7S3. The number of aliphatic hydroxyl groups excluding tert-OH is 1. The molecule has 3 atom stereocenters. The van der Waals surface area contributed by atoms with Crippen LogP contribution in [0, 0.1) is 16.2 Å². The molecule has 0 amide bonds. The summed E-state index contributed by atoms with van der Waals surface area (Å²) >= 11 is 12.7. The van der Waals surface area contributed by atoms with E-state index in [2.05, 4.69) is 62.0 Å². The summed E-state index contributed by atoms with van der Waals surface area (Å²) in [6.45, 7) is 15.3. The summed E-state index contributed by atoms with van der Waals surface area (Å²) in [5.41, 5.74) is -1.15. The topological polar surface area (TPSA) is 129 Å². The number of thiol groups is 1. The molecule has 0 aromatic carbocycles. The third-order valence-electron chi connectivity index (χ3n) is 7.57. The number of carbonyl (C=O) groups excluding carboxylic acids is 2. The average molecular weight is 760 g/mol. The first-order chi connectivity index (χ1) is 19.6. The molecule has 0 spiro atoms. The normalized spacial score (nSPS) is 14.2. The Labute approximate surface area is 329 Å². The molecule has 12 heteroatoms. The van der Waals surface area contributed by atoms with Crippen LogP contribution in [0.2, 0.25) is 0 Å². The summed E-state index contributed by atoms with van der Waals surface area (Å²) in [4.78, 5) is 42.3. The van der Waals surface area contributed by atoms with Crippen LogP contribution >= 0.6 is 40.3 Å². The molecule has 0 fully saturated rings. The van der Waals surface area contributed by atoms with Crippen LogP contribution in [-0.4, -0.2) is 60.9 Å². The van der Waals surface area contributed by atoms with Crippen LogP contribution in [0.3, 0.4) is 0 Å². The maximum atomic E-state index is 11.2. The Morgan fingerprint density at radius 3 is 1.37 bits per heavy atom. The molecule has 0 aromatic rings. The Hall–Kier alpha value is 1.28. The number of carboxylic acid groups (broad SMARTS) is 2. The van der Waals surface area contributed by atoms with E-state index >= 15 is 0 Å². The van der Waals surface area contributed by atoms with Crippen molar-refractivity contribution in [3.63, 3.8) is 0 Å². The Kier molecular flexibility index (Phi) is 41.5. The summed E-state index contributed by atoms with van der Waals surface area (Å²) in [6, 6.07) is 0. The molecule has 0 radical (unpaired) electrons. The molecule has 0 saturated heterocycles. The number of rotatable bonds is 19. The maximum absolute atomic E-state index is 11.2. The molecule has 3 N–H and O–H groups in total. The van der Waals surface area contributed by atoms with Gasteiger partial charge in [0.1, 0.15) is 0 Å². The Bertz CT molecular complexity index is 709. The van der Waals surface area contributed by atoms with Crippen molar-refractivity contribution in [3.8, 4) is 0 Å². The van der Waals surface area contributed by atoms with Crippen molar-refractivity contribution in [2.45, 2.75) is 132 Å². The molecule has 7 nitrogen and oxygen atoms in total. The van der Waals surface area contributed by atoms with E-state index in [1.54, 1.807) is 0 Å². The molecule has 0 rings (SSSR count). The van der Waals surface area contributed by atoms with Gasteiger partial charge in [-0.15, -0.1) is 0 Å². The third kappa shape index (κ3) is 27.0. The van der Waals surface area contributed by atoms with E-state index in [0.717, 1.165) is 62.5 Å². The number of aliphatic carboxylic acids is 2. The van der Waals surface area contributed by atoms with Gasteiger partial charge in [-0.25, -0.2) is 0 Å². The van der Waals surface area contributed by atoms with Gasteiger partial charge in [0.25, 0.3) is 0 Å². The number of thioether (sulfide) groups is 1. The van der Waals surface area contributed by atoms with Gasteiger partial charge in [0.2, 0.25) is 0 Å². The van der Waals surface area contributed by atoms with Crippen LogP contribution in [0.5, 0.6) is 0 Å². The van der Waals surface area contributed by atoms with Gasteiger partial charge in [-0.05, 0) is 51.2 Å². The van der Waals surface area contributed by atoms with Crippen LogP contribution < -0.4 is 51.4 Å². The van der Waals surface area contributed by atoms with Gasteiger partial charge >= 0.3 is 63.3 Å². The van der Waals surface area contributed by atoms with Crippen molar-refractivity contribution in [2.75, 3.05) is 23.4 Å². The van der Waals surface area contributed by atoms with Crippen molar-refractivity contribution in [2.24, 2.45) is 16.2 Å². The minimum absolute atomic E-state index is 0. The van der Waals surface area contributed by atoms with Gasteiger partial charge in [0.15, 0.2) is 5.12 Å².